The molecule has 1 aromatic heterocycles. The van der Waals surface area contributed by atoms with Gasteiger partial charge in [0.15, 0.2) is 0 Å². The number of carboxylic acid groups (broad SMARTS) is 1. The zero-order valence-electron chi connectivity index (χ0n) is 17.1. The van der Waals surface area contributed by atoms with E-state index in [1.807, 2.05) is 48.5 Å². The predicted molar refractivity (Wildman–Crippen MR) is 133 cm³/mol. The van der Waals surface area contributed by atoms with E-state index in [-0.39, 0.29) is 5.91 Å². The Hall–Kier alpha value is -2.45. The van der Waals surface area contributed by atoms with Gasteiger partial charge in [-0.15, -0.1) is 0 Å². The Labute approximate surface area is 204 Å². The summed E-state index contributed by atoms with van der Waals surface area (Å²) in [5.41, 5.74) is 3.73. The van der Waals surface area contributed by atoms with Crippen molar-refractivity contribution in [2.24, 2.45) is 5.41 Å². The fraction of sp³-hybridized carbons (Fsp3) is 0.240. The third-order valence-electron chi connectivity index (χ3n) is 6.62. The molecule has 3 aromatic rings. The van der Waals surface area contributed by atoms with Gasteiger partial charge in [0.1, 0.15) is 0 Å². The van der Waals surface area contributed by atoms with Gasteiger partial charge in [-0.2, -0.15) is 0 Å². The van der Waals surface area contributed by atoms with Gasteiger partial charge in [-0.1, -0.05) is 41.9 Å². The van der Waals surface area contributed by atoms with Crippen LogP contribution in [0, 0.1) is 8.99 Å². The molecule has 2 aromatic carbocycles. The van der Waals surface area contributed by atoms with Crippen molar-refractivity contribution in [3.63, 3.8) is 0 Å². The van der Waals surface area contributed by atoms with Crippen molar-refractivity contribution in [2.45, 2.75) is 32.1 Å². The van der Waals surface area contributed by atoms with E-state index in [1.54, 1.807) is 0 Å². The topological polar surface area (TPSA) is 79.3 Å². The lowest BCUT2D eigenvalue weighted by molar-refractivity contribution is -0.149. The van der Waals surface area contributed by atoms with Crippen LogP contribution in [0.5, 0.6) is 0 Å². The van der Waals surface area contributed by atoms with Crippen molar-refractivity contribution in [3.05, 3.63) is 74.0 Å². The molecule has 1 fully saturated rings. The summed E-state index contributed by atoms with van der Waals surface area (Å²) in [4.78, 5) is 30.0. The Balaban J connectivity index is 1.59. The van der Waals surface area contributed by atoms with Crippen LogP contribution in [0.25, 0.3) is 22.2 Å². The lowest BCUT2D eigenvalue weighted by Crippen LogP contribution is -2.33. The number of carboxylic acids is 1. The number of rotatable bonds is 4. The Morgan fingerprint density at radius 1 is 1.09 bits per heavy atom. The summed E-state index contributed by atoms with van der Waals surface area (Å²) in [7, 11) is 0. The minimum absolute atomic E-state index is 0.279. The van der Waals surface area contributed by atoms with Crippen LogP contribution in [0.4, 0.5) is 0 Å². The van der Waals surface area contributed by atoms with Gasteiger partial charge in [0, 0.05) is 20.2 Å². The van der Waals surface area contributed by atoms with Gasteiger partial charge >= 0.3 is 5.97 Å². The molecule has 0 spiro atoms. The number of nitrogens with one attached hydrogen (secondary N) is 1. The molecule has 32 heavy (non-hydrogen) atoms. The molecular weight excluding hydrogens is 539 g/mol. The van der Waals surface area contributed by atoms with Crippen molar-refractivity contribution < 1.29 is 14.7 Å². The number of pyridine rings is 1. The summed E-state index contributed by atoms with van der Waals surface area (Å²) in [5.74, 6) is -1.01. The van der Waals surface area contributed by atoms with Crippen molar-refractivity contribution in [1.82, 2.24) is 10.3 Å². The highest BCUT2D eigenvalue weighted by molar-refractivity contribution is 14.1. The number of hydrogen-bond donors (Lipinski definition) is 2. The number of halogens is 2. The molecule has 2 N–H and O–H groups in total. The molecule has 5 rings (SSSR count). The Bertz CT molecular complexity index is 1310. The number of aromatic nitrogens is 1. The van der Waals surface area contributed by atoms with Gasteiger partial charge in [-0.25, -0.2) is 4.98 Å². The third-order valence-corrected chi connectivity index (χ3v) is 7.66. The highest BCUT2D eigenvalue weighted by atomic mass is 127. The van der Waals surface area contributed by atoms with E-state index in [2.05, 4.69) is 27.9 Å². The average Bonchev–Trinajstić information content (AvgIpc) is 3.15. The van der Waals surface area contributed by atoms with Crippen LogP contribution < -0.4 is 5.32 Å². The summed E-state index contributed by atoms with van der Waals surface area (Å²) in [6.45, 7) is 0. The number of carbonyl (C=O) groups excluding carboxylic acids is 1. The van der Waals surface area contributed by atoms with Crippen molar-refractivity contribution in [2.75, 3.05) is 0 Å². The number of allylic oxidation sites excluding steroid dienone is 2. The van der Waals surface area contributed by atoms with E-state index in [0.29, 0.717) is 59.3 Å². The third kappa shape index (κ3) is 3.59. The lowest BCUT2D eigenvalue weighted by atomic mass is 9.78. The summed E-state index contributed by atoms with van der Waals surface area (Å²) in [5, 5.41) is 13.7. The lowest BCUT2D eigenvalue weighted by Gasteiger charge is -2.28. The smallest absolute Gasteiger partial charge is 0.309 e. The second-order valence-corrected chi connectivity index (χ2v) is 10.1. The van der Waals surface area contributed by atoms with Gasteiger partial charge < -0.3 is 10.4 Å². The zero-order valence-corrected chi connectivity index (χ0v) is 20.0. The molecule has 7 heteroatoms. The van der Waals surface area contributed by atoms with Crippen LogP contribution >= 0.6 is 34.2 Å². The van der Waals surface area contributed by atoms with E-state index >= 15 is 0 Å². The molecule has 2 aliphatic carbocycles. The first-order valence-electron chi connectivity index (χ1n) is 10.5. The van der Waals surface area contributed by atoms with E-state index in [9.17, 15) is 14.7 Å². The first-order valence-corrected chi connectivity index (χ1v) is 11.9. The molecule has 1 saturated carbocycles. The standard InChI is InChI=1S/C25H20ClIN2O3/c26-21-20(23(30)29-18-9-11-25(24(31)32)10-8-15(18)13-25)17-12-16(27)6-7-19(17)28-22(21)14-4-2-1-3-5-14/h1-7,12H,8-11,13H2,(H,29,30)(H,31,32). The predicted octanol–water partition coefficient (Wildman–Crippen LogP) is 6.19. The largest absolute Gasteiger partial charge is 0.481 e. The minimum Gasteiger partial charge on any atom is -0.481 e. The number of aliphatic carboxylic acids is 1. The van der Waals surface area contributed by atoms with E-state index in [1.165, 1.54) is 0 Å². The zero-order chi connectivity index (χ0) is 22.5. The molecule has 2 bridgehead atoms. The first-order chi connectivity index (χ1) is 15.4. The quantitative estimate of drug-likeness (QED) is 0.374. The number of nitrogens with zero attached hydrogens (tertiary/aromatic N) is 1. The van der Waals surface area contributed by atoms with Crippen molar-refractivity contribution >= 4 is 57.0 Å². The first kappa shape index (κ1) is 21.4. The maximum Gasteiger partial charge on any atom is 0.309 e. The molecule has 1 unspecified atom stereocenters. The van der Waals surface area contributed by atoms with Crippen LogP contribution in [0.1, 0.15) is 42.5 Å². The molecule has 0 aliphatic heterocycles. The SMILES string of the molecule is O=C(NC1=C2CCC(C(=O)O)(CC1)C2)c1c(Cl)c(-c2ccccc2)nc2ccc(I)cc12. The molecule has 0 saturated heterocycles. The second-order valence-electron chi connectivity index (χ2n) is 8.48. The normalized spacial score (nSPS) is 19.9. The number of fused-ring (bicyclic) bond motifs is 3. The molecule has 1 heterocycles. The van der Waals surface area contributed by atoms with Crippen LogP contribution in [0.3, 0.4) is 0 Å². The molecule has 1 atom stereocenters. The van der Waals surface area contributed by atoms with Gasteiger partial charge in [0.2, 0.25) is 0 Å². The highest BCUT2D eigenvalue weighted by Gasteiger charge is 2.46. The minimum atomic E-state index is -0.733. The molecule has 5 nitrogen and oxygen atoms in total. The summed E-state index contributed by atoms with van der Waals surface area (Å²) in [6, 6.07) is 15.4. The summed E-state index contributed by atoms with van der Waals surface area (Å²) in [6.07, 6.45) is 2.94. The van der Waals surface area contributed by atoms with Gasteiger partial charge in [0.05, 0.1) is 27.2 Å². The van der Waals surface area contributed by atoms with E-state index in [0.717, 1.165) is 20.4 Å². The monoisotopic (exact) mass is 558 g/mol. The molecule has 162 valence electrons. The molecule has 2 aliphatic rings. The number of carbonyl (C=O) groups is 2. The van der Waals surface area contributed by atoms with Gasteiger partial charge in [0.25, 0.3) is 5.91 Å². The van der Waals surface area contributed by atoms with Crippen LogP contribution in [-0.2, 0) is 4.79 Å². The van der Waals surface area contributed by atoms with Gasteiger partial charge in [-0.05, 0) is 78.5 Å². The fourth-order valence-electron chi connectivity index (χ4n) is 4.85. The summed E-state index contributed by atoms with van der Waals surface area (Å²) >= 11 is 9.02. The molecule has 1 amide bonds. The van der Waals surface area contributed by atoms with E-state index < -0.39 is 11.4 Å². The van der Waals surface area contributed by atoms with Crippen LogP contribution in [-0.4, -0.2) is 22.0 Å². The molecular formula is C25H20ClIN2O3. The molecule has 0 radical (unpaired) electrons. The Morgan fingerprint density at radius 3 is 2.59 bits per heavy atom. The van der Waals surface area contributed by atoms with Crippen molar-refractivity contribution in [1.29, 1.82) is 0 Å². The van der Waals surface area contributed by atoms with E-state index in [4.69, 9.17) is 16.6 Å². The maximum absolute atomic E-state index is 13.6. The van der Waals surface area contributed by atoms with Crippen LogP contribution in [0.2, 0.25) is 5.02 Å². The van der Waals surface area contributed by atoms with Gasteiger partial charge in [-0.3, -0.25) is 9.59 Å². The number of benzene rings is 2. The summed E-state index contributed by atoms with van der Waals surface area (Å²) < 4.78 is 0.983. The van der Waals surface area contributed by atoms with Crippen LogP contribution in [0.15, 0.2) is 59.8 Å². The fourth-order valence-corrected chi connectivity index (χ4v) is 5.68. The highest BCUT2D eigenvalue weighted by Crippen LogP contribution is 2.50. The number of hydrogen-bond acceptors (Lipinski definition) is 3. The number of amides is 1. The van der Waals surface area contributed by atoms with Crippen molar-refractivity contribution in [3.8, 4) is 11.3 Å². The maximum atomic E-state index is 13.6. The second kappa shape index (κ2) is 8.15. The average molecular weight is 559 g/mol. The Morgan fingerprint density at radius 2 is 1.84 bits per heavy atom. The Kier molecular flexibility index (Phi) is 5.45.